The molecule has 0 aliphatic carbocycles. The maximum Gasteiger partial charge on any atom is 0.147 e. The Bertz CT molecular complexity index is 1020. The first-order chi connectivity index (χ1) is 12.0. The van der Waals surface area contributed by atoms with E-state index in [0.717, 1.165) is 17.3 Å². The molecule has 0 saturated carbocycles. The van der Waals surface area contributed by atoms with Crippen molar-refractivity contribution >= 4 is 21.8 Å². The lowest BCUT2D eigenvalue weighted by molar-refractivity contribution is 0.553. The second kappa shape index (κ2) is 5.74. The average molecular weight is 400 g/mol. The largest absolute Gasteiger partial charge is 0.383 e. The van der Waals surface area contributed by atoms with Crippen molar-refractivity contribution in [3.8, 4) is 0 Å². The molecule has 2 N–H and O–H groups in total. The summed E-state index contributed by atoms with van der Waals surface area (Å²) >= 11 is 3.20. The number of benzene rings is 2. The molecule has 0 radical (unpaired) electrons. The van der Waals surface area contributed by atoms with Gasteiger partial charge in [0.25, 0.3) is 0 Å². The van der Waals surface area contributed by atoms with E-state index in [1.807, 2.05) is 24.3 Å². The molecule has 0 saturated heterocycles. The van der Waals surface area contributed by atoms with Crippen LogP contribution in [0.1, 0.15) is 22.3 Å². The number of amidine groups is 1. The smallest absolute Gasteiger partial charge is 0.147 e. The highest BCUT2D eigenvalue weighted by atomic mass is 79.9. The molecule has 2 aromatic carbocycles. The Hall–Kier alpha value is -2.60. The van der Waals surface area contributed by atoms with Crippen LogP contribution < -0.4 is 5.73 Å². The third-order valence-electron chi connectivity index (χ3n) is 4.38. The lowest BCUT2D eigenvalue weighted by atomic mass is 9.77. The van der Waals surface area contributed by atoms with Crippen LogP contribution >= 0.6 is 15.9 Å². The Balaban J connectivity index is 2.12. The lowest BCUT2D eigenvalue weighted by Crippen LogP contribution is -2.27. The summed E-state index contributed by atoms with van der Waals surface area (Å²) < 4.78 is 28.8. The molecular formula is C19H12BrF2N3. The number of aromatic nitrogens is 1. The highest BCUT2D eigenvalue weighted by molar-refractivity contribution is 9.10. The maximum atomic E-state index is 14.7. The van der Waals surface area contributed by atoms with Crippen LogP contribution in [-0.2, 0) is 5.54 Å². The summed E-state index contributed by atoms with van der Waals surface area (Å²) in [6, 6.07) is 13.5. The van der Waals surface area contributed by atoms with Crippen molar-refractivity contribution < 1.29 is 8.78 Å². The van der Waals surface area contributed by atoms with E-state index in [0.29, 0.717) is 17.0 Å². The van der Waals surface area contributed by atoms with E-state index >= 15 is 0 Å². The monoisotopic (exact) mass is 399 g/mol. The first-order valence-electron chi connectivity index (χ1n) is 7.55. The van der Waals surface area contributed by atoms with Crippen LogP contribution in [0.25, 0.3) is 0 Å². The number of nitrogens with two attached hydrogens (primary N) is 1. The van der Waals surface area contributed by atoms with Gasteiger partial charge in [0.1, 0.15) is 23.0 Å². The zero-order chi connectivity index (χ0) is 17.6. The molecular weight excluding hydrogens is 388 g/mol. The van der Waals surface area contributed by atoms with Crippen molar-refractivity contribution in [3.63, 3.8) is 0 Å². The van der Waals surface area contributed by atoms with Crippen LogP contribution in [0.5, 0.6) is 0 Å². The van der Waals surface area contributed by atoms with Crippen molar-refractivity contribution in [1.82, 2.24) is 4.98 Å². The molecule has 1 unspecified atom stereocenters. The third-order valence-corrected chi connectivity index (χ3v) is 4.99. The van der Waals surface area contributed by atoms with E-state index < -0.39 is 17.2 Å². The molecule has 0 bridgehead atoms. The van der Waals surface area contributed by atoms with Gasteiger partial charge in [-0.1, -0.05) is 30.3 Å². The van der Waals surface area contributed by atoms with Gasteiger partial charge in [-0.25, -0.2) is 13.8 Å². The number of nitrogens with zero attached hydrogens (tertiary/aromatic N) is 2. The van der Waals surface area contributed by atoms with Crippen LogP contribution in [0.3, 0.4) is 0 Å². The van der Waals surface area contributed by atoms with Gasteiger partial charge < -0.3 is 5.73 Å². The van der Waals surface area contributed by atoms with Crippen LogP contribution in [0.15, 0.2) is 70.4 Å². The number of hydrogen-bond donors (Lipinski definition) is 1. The van der Waals surface area contributed by atoms with Gasteiger partial charge in [-0.3, -0.25) is 4.98 Å². The molecule has 124 valence electrons. The quantitative estimate of drug-likeness (QED) is 0.703. The number of fused-ring (bicyclic) bond motifs is 1. The van der Waals surface area contributed by atoms with E-state index in [-0.39, 0.29) is 4.47 Å². The number of halogens is 3. The predicted molar refractivity (Wildman–Crippen MR) is 95.3 cm³/mol. The summed E-state index contributed by atoms with van der Waals surface area (Å²) in [5.74, 6) is -0.596. The van der Waals surface area contributed by atoms with Gasteiger partial charge >= 0.3 is 0 Å². The molecule has 3 aromatic rings. The van der Waals surface area contributed by atoms with Crippen LogP contribution in [-0.4, -0.2) is 10.8 Å². The van der Waals surface area contributed by atoms with Gasteiger partial charge in [-0.15, -0.1) is 0 Å². The fourth-order valence-electron chi connectivity index (χ4n) is 3.29. The minimum Gasteiger partial charge on any atom is -0.383 e. The highest BCUT2D eigenvalue weighted by Gasteiger charge is 2.44. The fourth-order valence-corrected chi connectivity index (χ4v) is 3.67. The standard InChI is InChI=1S/C19H12BrF2N3/c20-15-9-11(5-6-16(15)21)19(14-7-8-24-10-17(14)22)13-4-2-1-3-12(13)18(23)25-19/h1-10H,(H2,23,25). The molecule has 25 heavy (non-hydrogen) atoms. The summed E-state index contributed by atoms with van der Waals surface area (Å²) in [7, 11) is 0. The number of rotatable bonds is 2. The SMILES string of the molecule is NC1=NC(c2ccc(F)c(Br)c2)(c2ccncc2F)c2ccccc21. The maximum absolute atomic E-state index is 14.7. The Labute approximate surface area is 151 Å². The summed E-state index contributed by atoms with van der Waals surface area (Å²) in [6.07, 6.45) is 2.65. The molecule has 1 aliphatic heterocycles. The van der Waals surface area contributed by atoms with Gasteiger partial charge in [0, 0.05) is 17.3 Å². The Morgan fingerprint density at radius 2 is 1.76 bits per heavy atom. The van der Waals surface area contributed by atoms with Crippen LogP contribution in [0.2, 0.25) is 0 Å². The molecule has 1 aliphatic rings. The summed E-state index contributed by atoms with van der Waals surface area (Å²) in [6.45, 7) is 0. The lowest BCUT2D eigenvalue weighted by Gasteiger charge is -2.29. The first kappa shape index (κ1) is 15.9. The summed E-state index contributed by atoms with van der Waals surface area (Å²) in [5.41, 5.74) is 7.36. The zero-order valence-electron chi connectivity index (χ0n) is 12.9. The normalized spacial score (nSPS) is 18.8. The molecule has 0 fully saturated rings. The molecule has 4 rings (SSSR count). The predicted octanol–water partition coefficient (Wildman–Crippen LogP) is 4.13. The topological polar surface area (TPSA) is 51.3 Å². The van der Waals surface area contributed by atoms with E-state index in [1.165, 1.54) is 12.3 Å². The van der Waals surface area contributed by atoms with E-state index in [2.05, 4.69) is 25.9 Å². The summed E-state index contributed by atoms with van der Waals surface area (Å²) in [4.78, 5) is 8.47. The third kappa shape index (κ3) is 2.28. The number of hydrogen-bond acceptors (Lipinski definition) is 3. The molecule has 1 aromatic heterocycles. The van der Waals surface area contributed by atoms with Crippen molar-refractivity contribution in [1.29, 1.82) is 0 Å². The van der Waals surface area contributed by atoms with E-state index in [4.69, 9.17) is 5.73 Å². The van der Waals surface area contributed by atoms with Gasteiger partial charge in [-0.05, 0) is 45.3 Å². The fraction of sp³-hybridized carbons (Fsp3) is 0.0526. The summed E-state index contributed by atoms with van der Waals surface area (Å²) in [5, 5.41) is 0. The second-order valence-corrected chi connectivity index (χ2v) is 6.59. The second-order valence-electron chi connectivity index (χ2n) is 5.74. The van der Waals surface area contributed by atoms with Crippen molar-refractivity contribution in [3.05, 3.63) is 99.3 Å². The van der Waals surface area contributed by atoms with Crippen LogP contribution in [0, 0.1) is 11.6 Å². The van der Waals surface area contributed by atoms with Gasteiger partial charge in [0.2, 0.25) is 0 Å². The Kier molecular flexibility index (Phi) is 3.65. The minimum atomic E-state index is -1.19. The van der Waals surface area contributed by atoms with E-state index in [9.17, 15) is 8.78 Å². The van der Waals surface area contributed by atoms with E-state index in [1.54, 1.807) is 18.2 Å². The van der Waals surface area contributed by atoms with Crippen LogP contribution in [0.4, 0.5) is 8.78 Å². The van der Waals surface area contributed by atoms with Crippen molar-refractivity contribution in [2.45, 2.75) is 5.54 Å². The van der Waals surface area contributed by atoms with Gasteiger partial charge in [0.15, 0.2) is 0 Å². The molecule has 1 atom stereocenters. The Morgan fingerprint density at radius 3 is 2.52 bits per heavy atom. The molecule has 3 nitrogen and oxygen atoms in total. The zero-order valence-corrected chi connectivity index (χ0v) is 14.5. The van der Waals surface area contributed by atoms with Crippen molar-refractivity contribution in [2.75, 3.05) is 0 Å². The minimum absolute atomic E-state index is 0.275. The molecule has 0 spiro atoms. The average Bonchev–Trinajstić information content (AvgIpc) is 2.92. The Morgan fingerprint density at radius 1 is 0.960 bits per heavy atom. The highest BCUT2D eigenvalue weighted by Crippen LogP contribution is 2.47. The molecule has 0 amide bonds. The first-order valence-corrected chi connectivity index (χ1v) is 8.34. The molecule has 6 heteroatoms. The van der Waals surface area contributed by atoms with Gasteiger partial charge in [-0.2, -0.15) is 0 Å². The van der Waals surface area contributed by atoms with Gasteiger partial charge in [0.05, 0.1) is 10.7 Å². The number of pyridine rings is 1. The van der Waals surface area contributed by atoms with Crippen molar-refractivity contribution in [2.24, 2.45) is 10.7 Å². The molecule has 2 heterocycles. The number of aliphatic imine (C=N–C) groups is 1.